The Balaban J connectivity index is 1.67. The van der Waals surface area contributed by atoms with Crippen LogP contribution in [0.2, 0.25) is 0 Å². The van der Waals surface area contributed by atoms with Gasteiger partial charge in [-0.15, -0.1) is 0 Å². The maximum Gasteiger partial charge on any atom is 0.235 e. The predicted molar refractivity (Wildman–Crippen MR) is 137 cm³/mol. The van der Waals surface area contributed by atoms with Crippen LogP contribution < -0.4 is 0 Å². The van der Waals surface area contributed by atoms with E-state index in [0.29, 0.717) is 5.95 Å². The lowest BCUT2D eigenvalue weighted by atomic mass is 10.0. The van der Waals surface area contributed by atoms with Crippen molar-refractivity contribution in [3.63, 3.8) is 0 Å². The Morgan fingerprint density at radius 2 is 1.06 bits per heavy atom. The van der Waals surface area contributed by atoms with Gasteiger partial charge in [0, 0.05) is 27.1 Å². The topological polar surface area (TPSA) is 30.7 Å². The summed E-state index contributed by atoms with van der Waals surface area (Å²) < 4.78 is 2.19. The molecular weight excluding hydrogens is 402 g/mol. The Kier molecular flexibility index (Phi) is 3.84. The van der Waals surface area contributed by atoms with Gasteiger partial charge in [-0.3, -0.25) is 4.57 Å². The minimum atomic E-state index is 0.690. The maximum atomic E-state index is 5.18. The van der Waals surface area contributed by atoms with E-state index in [1.165, 1.54) is 16.2 Å². The molecule has 5 aromatic carbocycles. The molecule has 0 fully saturated rings. The summed E-state index contributed by atoms with van der Waals surface area (Å²) in [5.74, 6) is 0.690. The zero-order valence-corrected chi connectivity index (χ0v) is 17.8. The minimum absolute atomic E-state index is 0.690. The van der Waals surface area contributed by atoms with Gasteiger partial charge >= 0.3 is 0 Å². The van der Waals surface area contributed by atoms with Crippen LogP contribution in [0.15, 0.2) is 115 Å². The van der Waals surface area contributed by atoms with Crippen molar-refractivity contribution in [2.45, 2.75) is 0 Å². The first kappa shape index (κ1) is 18.1. The van der Waals surface area contributed by atoms with Crippen molar-refractivity contribution >= 4 is 43.5 Å². The van der Waals surface area contributed by atoms with Gasteiger partial charge in [0.1, 0.15) is 0 Å². The third-order valence-corrected chi connectivity index (χ3v) is 6.41. The lowest BCUT2D eigenvalue weighted by molar-refractivity contribution is 1.02. The zero-order valence-electron chi connectivity index (χ0n) is 17.8. The summed E-state index contributed by atoms with van der Waals surface area (Å²) >= 11 is 0. The summed E-state index contributed by atoms with van der Waals surface area (Å²) in [5, 5.41) is 5.78. The lowest BCUT2D eigenvalue weighted by Crippen LogP contribution is -2.03. The van der Waals surface area contributed by atoms with Crippen molar-refractivity contribution < 1.29 is 0 Å². The van der Waals surface area contributed by atoms with Crippen LogP contribution in [-0.2, 0) is 0 Å². The third kappa shape index (κ3) is 2.69. The van der Waals surface area contributed by atoms with E-state index in [9.17, 15) is 0 Å². The number of hydrogen-bond donors (Lipinski definition) is 0. The van der Waals surface area contributed by atoms with E-state index >= 15 is 0 Å². The van der Waals surface area contributed by atoms with Gasteiger partial charge < -0.3 is 0 Å². The van der Waals surface area contributed by atoms with Crippen molar-refractivity contribution in [2.24, 2.45) is 0 Å². The monoisotopic (exact) mass is 421 g/mol. The van der Waals surface area contributed by atoms with Crippen LogP contribution in [-0.4, -0.2) is 14.5 Å². The highest BCUT2D eigenvalue weighted by molar-refractivity contribution is 6.11. The first-order valence-electron chi connectivity index (χ1n) is 11.1. The number of rotatable bonds is 2. The predicted octanol–water partition coefficient (Wildman–Crippen LogP) is 7.55. The molecule has 0 N–H and O–H groups in total. The molecule has 2 aromatic heterocycles. The molecule has 0 saturated heterocycles. The molecule has 0 atom stereocenters. The summed E-state index contributed by atoms with van der Waals surface area (Å²) in [7, 11) is 0. The Bertz CT molecular complexity index is 1760. The zero-order chi connectivity index (χ0) is 21.8. The second-order valence-corrected chi connectivity index (χ2v) is 8.29. The summed E-state index contributed by atoms with van der Waals surface area (Å²) in [5.41, 5.74) is 5.22. The molecule has 0 unspecified atom stereocenters. The highest BCUT2D eigenvalue weighted by Gasteiger charge is 2.17. The average molecular weight is 422 g/mol. The largest absolute Gasteiger partial charge is 0.278 e. The number of hydrogen-bond acceptors (Lipinski definition) is 2. The van der Waals surface area contributed by atoms with E-state index in [1.54, 1.807) is 0 Å². The number of benzene rings is 5. The van der Waals surface area contributed by atoms with Crippen LogP contribution in [0, 0.1) is 0 Å². The summed E-state index contributed by atoms with van der Waals surface area (Å²) in [4.78, 5) is 10.4. The molecule has 7 rings (SSSR count). The number of aromatic nitrogens is 3. The molecule has 0 aliphatic carbocycles. The molecule has 3 nitrogen and oxygen atoms in total. The van der Waals surface area contributed by atoms with Crippen LogP contribution in [0.5, 0.6) is 0 Å². The second kappa shape index (κ2) is 7.01. The van der Waals surface area contributed by atoms with Gasteiger partial charge in [0.05, 0.1) is 22.2 Å². The minimum Gasteiger partial charge on any atom is -0.278 e. The van der Waals surface area contributed by atoms with Crippen LogP contribution >= 0.6 is 0 Å². The van der Waals surface area contributed by atoms with E-state index in [1.807, 2.05) is 6.07 Å². The van der Waals surface area contributed by atoms with Crippen molar-refractivity contribution in [1.82, 2.24) is 14.5 Å². The molecule has 3 heteroatoms. The summed E-state index contributed by atoms with van der Waals surface area (Å²) in [6.07, 6.45) is 0. The number of fused-ring (bicyclic) bond motifs is 6. The smallest absolute Gasteiger partial charge is 0.235 e. The van der Waals surface area contributed by atoms with Gasteiger partial charge in [0.25, 0.3) is 0 Å². The maximum absolute atomic E-state index is 5.18. The lowest BCUT2D eigenvalue weighted by Gasteiger charge is -2.13. The number of para-hydroxylation sites is 2. The van der Waals surface area contributed by atoms with E-state index < -0.39 is 0 Å². The van der Waals surface area contributed by atoms with Gasteiger partial charge in [-0.1, -0.05) is 97.1 Å². The van der Waals surface area contributed by atoms with E-state index in [2.05, 4.69) is 114 Å². The molecule has 0 bridgehead atoms. The molecule has 0 aliphatic rings. The quantitative estimate of drug-likeness (QED) is 0.270. The number of nitrogens with zero attached hydrogens (tertiary/aromatic N) is 3. The molecule has 0 aliphatic heterocycles. The van der Waals surface area contributed by atoms with Gasteiger partial charge in [-0.05, 0) is 23.6 Å². The summed E-state index contributed by atoms with van der Waals surface area (Å²) in [6, 6.07) is 40.1. The molecule has 33 heavy (non-hydrogen) atoms. The fourth-order valence-electron chi connectivity index (χ4n) is 4.91. The van der Waals surface area contributed by atoms with Crippen LogP contribution in [0.4, 0.5) is 0 Å². The molecule has 154 valence electrons. The molecule has 0 spiro atoms. The Morgan fingerprint density at radius 3 is 1.79 bits per heavy atom. The van der Waals surface area contributed by atoms with Gasteiger partial charge in [0.15, 0.2) is 0 Å². The average Bonchev–Trinajstić information content (AvgIpc) is 3.23. The fourth-order valence-corrected chi connectivity index (χ4v) is 4.91. The highest BCUT2D eigenvalue weighted by atomic mass is 15.2. The van der Waals surface area contributed by atoms with E-state index in [0.717, 1.165) is 38.6 Å². The standard InChI is InChI=1S/C30H19N3/c1-2-11-21(12-3-1)28-25-19-18-20-10-4-5-13-22(20)29(25)32-30(31-28)33-26-16-8-6-14-23(26)24-15-7-9-17-27(24)33/h1-19H. The van der Waals surface area contributed by atoms with Gasteiger partial charge in [-0.2, -0.15) is 0 Å². The molecule has 7 aromatic rings. The fraction of sp³-hybridized carbons (Fsp3) is 0. The summed E-state index contributed by atoms with van der Waals surface area (Å²) in [6.45, 7) is 0. The van der Waals surface area contributed by atoms with Crippen molar-refractivity contribution in [3.8, 4) is 17.2 Å². The van der Waals surface area contributed by atoms with Crippen molar-refractivity contribution in [2.75, 3.05) is 0 Å². The first-order valence-corrected chi connectivity index (χ1v) is 11.1. The van der Waals surface area contributed by atoms with Crippen LogP contribution in [0.1, 0.15) is 0 Å². The molecule has 0 amide bonds. The Hall–Kier alpha value is -4.50. The molecule has 2 heterocycles. The Labute approximate surface area is 190 Å². The van der Waals surface area contributed by atoms with Crippen molar-refractivity contribution in [1.29, 1.82) is 0 Å². The van der Waals surface area contributed by atoms with E-state index in [4.69, 9.17) is 9.97 Å². The Morgan fingerprint density at radius 1 is 0.455 bits per heavy atom. The molecule has 0 saturated carbocycles. The first-order chi connectivity index (χ1) is 16.4. The van der Waals surface area contributed by atoms with Gasteiger partial charge in [-0.25, -0.2) is 9.97 Å². The molecular formula is C30H19N3. The van der Waals surface area contributed by atoms with Crippen LogP contribution in [0.25, 0.3) is 60.7 Å². The van der Waals surface area contributed by atoms with Gasteiger partial charge in [0.2, 0.25) is 5.95 Å². The normalized spacial score (nSPS) is 11.6. The van der Waals surface area contributed by atoms with E-state index in [-0.39, 0.29) is 0 Å². The highest BCUT2D eigenvalue weighted by Crippen LogP contribution is 2.35. The second-order valence-electron chi connectivity index (χ2n) is 8.29. The van der Waals surface area contributed by atoms with Crippen LogP contribution in [0.3, 0.4) is 0 Å². The molecule has 0 radical (unpaired) electrons. The van der Waals surface area contributed by atoms with Crippen molar-refractivity contribution in [3.05, 3.63) is 115 Å². The SMILES string of the molecule is c1ccc(-c2nc(-n3c4ccccc4c4ccccc43)nc3c2ccc2ccccc23)cc1. The third-order valence-electron chi connectivity index (χ3n) is 6.41.